The molecule has 2 bridgehead atoms. The van der Waals surface area contributed by atoms with Gasteiger partial charge < -0.3 is 15.0 Å². The monoisotopic (exact) mass is 545 g/mol. The summed E-state index contributed by atoms with van der Waals surface area (Å²) in [6, 6.07) is 7.63. The largest absolute Gasteiger partial charge is 0.461 e. The van der Waals surface area contributed by atoms with Crippen molar-refractivity contribution < 1.29 is 31.1 Å². The molecular formula is C24H27ClF3N3O4S. The van der Waals surface area contributed by atoms with Gasteiger partial charge in [-0.3, -0.25) is 4.79 Å². The number of carbonyl (C=O) groups is 1. The first kappa shape index (κ1) is 26.5. The molecule has 12 heteroatoms. The highest BCUT2D eigenvalue weighted by Gasteiger charge is 2.44. The highest BCUT2D eigenvalue weighted by molar-refractivity contribution is 7.90. The van der Waals surface area contributed by atoms with E-state index in [1.54, 1.807) is 24.3 Å². The van der Waals surface area contributed by atoms with Crippen LogP contribution in [0.3, 0.4) is 0 Å². The van der Waals surface area contributed by atoms with Crippen molar-refractivity contribution >= 4 is 33.0 Å². The number of sulfone groups is 1. The van der Waals surface area contributed by atoms with Crippen LogP contribution in [0.5, 0.6) is 5.88 Å². The Balaban J connectivity index is 1.43. The number of ether oxygens (including phenoxy) is 1. The molecule has 2 aliphatic rings. The summed E-state index contributed by atoms with van der Waals surface area (Å²) in [5, 5.41) is 2.76. The molecule has 2 atom stereocenters. The number of anilines is 1. The minimum Gasteiger partial charge on any atom is -0.461 e. The van der Waals surface area contributed by atoms with Crippen molar-refractivity contribution in [2.75, 3.05) is 11.2 Å². The van der Waals surface area contributed by atoms with E-state index in [1.165, 1.54) is 13.8 Å². The van der Waals surface area contributed by atoms with E-state index in [9.17, 15) is 26.4 Å². The zero-order valence-corrected chi connectivity index (χ0v) is 21.5. The summed E-state index contributed by atoms with van der Waals surface area (Å²) in [6.45, 7) is 2.79. The van der Waals surface area contributed by atoms with Crippen LogP contribution < -0.4 is 15.0 Å². The average Bonchev–Trinajstić information content (AvgIpc) is 3.04. The first-order valence-electron chi connectivity index (χ1n) is 11.5. The van der Waals surface area contributed by atoms with Gasteiger partial charge in [0.25, 0.3) is 5.91 Å². The fraction of sp³-hybridized carbons (Fsp3) is 0.500. The number of nitrogens with zero attached hydrogens (tertiary/aromatic N) is 2. The molecule has 1 aromatic carbocycles. The van der Waals surface area contributed by atoms with Gasteiger partial charge in [-0.05, 0) is 69.9 Å². The maximum absolute atomic E-state index is 13.4. The normalized spacial score (nSPS) is 22.4. The fourth-order valence-corrected chi connectivity index (χ4v) is 5.73. The summed E-state index contributed by atoms with van der Waals surface area (Å²) in [7, 11) is -3.29. The third-order valence-corrected chi connectivity index (χ3v) is 7.99. The van der Waals surface area contributed by atoms with Crippen LogP contribution >= 0.6 is 11.6 Å². The predicted molar refractivity (Wildman–Crippen MR) is 129 cm³/mol. The summed E-state index contributed by atoms with van der Waals surface area (Å²) in [5.41, 5.74) is -1.83. The Kier molecular flexibility index (Phi) is 6.93. The quantitative estimate of drug-likeness (QED) is 0.569. The van der Waals surface area contributed by atoms with Crippen molar-refractivity contribution in [2.24, 2.45) is 0 Å². The maximum atomic E-state index is 13.4. The van der Waals surface area contributed by atoms with Crippen molar-refractivity contribution in [1.82, 2.24) is 10.3 Å². The van der Waals surface area contributed by atoms with Crippen molar-refractivity contribution in [2.45, 2.75) is 74.3 Å². The number of benzene rings is 1. The van der Waals surface area contributed by atoms with Gasteiger partial charge in [-0.1, -0.05) is 11.6 Å². The van der Waals surface area contributed by atoms with E-state index >= 15 is 0 Å². The number of nitrogens with one attached hydrogen (secondary N) is 1. The van der Waals surface area contributed by atoms with E-state index in [4.69, 9.17) is 16.3 Å². The number of piperidine rings is 1. The molecule has 1 aromatic heterocycles. The van der Waals surface area contributed by atoms with E-state index in [0.717, 1.165) is 31.0 Å². The lowest BCUT2D eigenvalue weighted by Crippen LogP contribution is -2.55. The number of aromatic nitrogens is 1. The second-order valence-electron chi connectivity index (χ2n) is 9.82. The number of hydrogen-bond donors (Lipinski definition) is 1. The van der Waals surface area contributed by atoms with E-state index in [2.05, 4.69) is 15.2 Å². The lowest BCUT2D eigenvalue weighted by atomic mass is 9.95. The Hall–Kier alpha value is -2.53. The molecule has 0 aliphatic carbocycles. The SMILES string of the molecule is CC(C)(Oc1ncc(Cl)cc1C(F)(F)F)C(=O)NC1CC2CCC(C1)N2c1ccc(S(C)(=O)=O)cc1. The van der Waals surface area contributed by atoms with Gasteiger partial charge in [0, 0.05) is 36.3 Å². The molecule has 1 amide bonds. The van der Waals surface area contributed by atoms with Crippen LogP contribution in [0, 0.1) is 0 Å². The Morgan fingerprint density at radius 2 is 1.72 bits per heavy atom. The molecule has 7 nitrogen and oxygen atoms in total. The van der Waals surface area contributed by atoms with Crippen LogP contribution in [0.2, 0.25) is 5.02 Å². The van der Waals surface area contributed by atoms with Crippen molar-refractivity contribution in [3.05, 3.63) is 47.1 Å². The molecule has 0 saturated carbocycles. The molecular weight excluding hydrogens is 519 g/mol. The molecule has 4 rings (SSSR count). The van der Waals surface area contributed by atoms with E-state index in [0.29, 0.717) is 18.9 Å². The highest BCUT2D eigenvalue weighted by Crippen LogP contribution is 2.40. The number of carbonyl (C=O) groups excluding carboxylic acids is 1. The highest BCUT2D eigenvalue weighted by atomic mass is 35.5. The number of alkyl halides is 3. The molecule has 0 spiro atoms. The van der Waals surface area contributed by atoms with Crippen molar-refractivity contribution in [3.8, 4) is 5.88 Å². The topological polar surface area (TPSA) is 88.6 Å². The molecule has 196 valence electrons. The number of pyridine rings is 1. The van der Waals surface area contributed by atoms with Crippen LogP contribution in [-0.4, -0.2) is 49.3 Å². The van der Waals surface area contributed by atoms with Gasteiger partial charge in [0.05, 0.1) is 9.92 Å². The van der Waals surface area contributed by atoms with Crippen molar-refractivity contribution in [1.29, 1.82) is 0 Å². The third-order valence-electron chi connectivity index (χ3n) is 6.65. The van der Waals surface area contributed by atoms with E-state index in [-0.39, 0.29) is 28.0 Å². The molecule has 2 aromatic rings. The van der Waals surface area contributed by atoms with Crippen LogP contribution in [0.4, 0.5) is 18.9 Å². The van der Waals surface area contributed by atoms with Crippen LogP contribution in [0.15, 0.2) is 41.4 Å². The zero-order chi connectivity index (χ0) is 26.5. The molecule has 2 unspecified atom stereocenters. The van der Waals surface area contributed by atoms with Gasteiger partial charge in [-0.15, -0.1) is 0 Å². The summed E-state index contributed by atoms with van der Waals surface area (Å²) in [5.74, 6) is -1.25. The van der Waals surface area contributed by atoms with E-state index in [1.807, 2.05) is 0 Å². The first-order chi connectivity index (χ1) is 16.6. The number of hydrogen-bond acceptors (Lipinski definition) is 6. The molecule has 3 heterocycles. The van der Waals surface area contributed by atoms with Crippen LogP contribution in [0.25, 0.3) is 0 Å². The van der Waals surface area contributed by atoms with Gasteiger partial charge >= 0.3 is 6.18 Å². The van der Waals surface area contributed by atoms with Crippen LogP contribution in [0.1, 0.15) is 45.1 Å². The van der Waals surface area contributed by atoms with Gasteiger partial charge in [0.1, 0.15) is 5.56 Å². The Bertz CT molecular complexity index is 1240. The van der Waals surface area contributed by atoms with Gasteiger partial charge in [0.2, 0.25) is 5.88 Å². The lowest BCUT2D eigenvalue weighted by Gasteiger charge is -2.41. The fourth-order valence-electron chi connectivity index (χ4n) is 4.94. The lowest BCUT2D eigenvalue weighted by molar-refractivity contribution is -0.144. The molecule has 36 heavy (non-hydrogen) atoms. The zero-order valence-electron chi connectivity index (χ0n) is 20.0. The van der Waals surface area contributed by atoms with Crippen LogP contribution in [-0.2, 0) is 20.8 Å². The molecule has 0 radical (unpaired) electrons. The summed E-state index contributed by atoms with van der Waals surface area (Å²) < 4.78 is 69.2. The Morgan fingerprint density at radius 3 is 2.25 bits per heavy atom. The number of amides is 1. The molecule has 2 aliphatic heterocycles. The summed E-state index contributed by atoms with van der Waals surface area (Å²) in [4.78, 5) is 19.2. The number of rotatable bonds is 6. The molecule has 2 saturated heterocycles. The van der Waals surface area contributed by atoms with Gasteiger partial charge in [-0.25, -0.2) is 13.4 Å². The second kappa shape index (κ2) is 9.41. The third kappa shape index (κ3) is 5.56. The minimum absolute atomic E-state index is 0.150. The van der Waals surface area contributed by atoms with Gasteiger partial charge in [0.15, 0.2) is 15.4 Å². The number of fused-ring (bicyclic) bond motifs is 2. The second-order valence-corrected chi connectivity index (χ2v) is 12.3. The summed E-state index contributed by atoms with van der Waals surface area (Å²) >= 11 is 5.67. The minimum atomic E-state index is -4.74. The van der Waals surface area contributed by atoms with Gasteiger partial charge in [-0.2, -0.15) is 13.2 Å². The molecule has 1 N–H and O–H groups in total. The smallest absolute Gasteiger partial charge is 0.421 e. The number of halogens is 4. The Labute approximate surface area is 212 Å². The maximum Gasteiger partial charge on any atom is 0.421 e. The van der Waals surface area contributed by atoms with Crippen molar-refractivity contribution in [3.63, 3.8) is 0 Å². The standard InChI is InChI=1S/C24H27ClF3N3O4S/c1-23(2,35-21-20(24(26,27)28)10-14(25)13-29-21)22(32)30-15-11-17-4-5-18(12-15)31(17)16-6-8-19(9-7-16)36(3,33)34/h6-10,13,15,17-18H,4-5,11-12H2,1-3H3,(H,30,32). The Morgan fingerprint density at radius 1 is 1.14 bits per heavy atom. The predicted octanol–water partition coefficient (Wildman–Crippen LogP) is 4.63. The summed E-state index contributed by atoms with van der Waals surface area (Å²) in [6.07, 6.45) is 0.612. The average molecular weight is 546 g/mol. The molecule has 2 fully saturated rings. The first-order valence-corrected chi connectivity index (χ1v) is 13.7. The van der Waals surface area contributed by atoms with E-state index < -0.39 is 39.0 Å².